The number of amides is 3. The molecule has 0 bridgehead atoms. The zero-order valence-electron chi connectivity index (χ0n) is 20.0. The van der Waals surface area contributed by atoms with Crippen molar-refractivity contribution in [3.63, 3.8) is 0 Å². The van der Waals surface area contributed by atoms with Crippen molar-refractivity contribution in [3.8, 4) is 5.75 Å². The van der Waals surface area contributed by atoms with Gasteiger partial charge in [-0.1, -0.05) is 0 Å². The maximum Gasteiger partial charge on any atom is 0.322 e. The summed E-state index contributed by atoms with van der Waals surface area (Å²) in [6.07, 6.45) is 0.355. The van der Waals surface area contributed by atoms with Gasteiger partial charge in [-0.15, -0.1) is 0 Å². The Morgan fingerprint density at radius 1 is 1.12 bits per heavy atom. The lowest BCUT2D eigenvalue weighted by molar-refractivity contribution is -0.155. The maximum absolute atomic E-state index is 13.2. The van der Waals surface area contributed by atoms with Gasteiger partial charge in [0, 0.05) is 31.9 Å². The maximum atomic E-state index is 13.2. The van der Waals surface area contributed by atoms with E-state index in [1.165, 1.54) is 0 Å². The van der Waals surface area contributed by atoms with Crippen LogP contribution in [0, 0.1) is 0 Å². The van der Waals surface area contributed by atoms with Gasteiger partial charge in [-0.2, -0.15) is 0 Å². The van der Waals surface area contributed by atoms with Crippen molar-refractivity contribution in [2.45, 2.75) is 43.6 Å². The number of hydrogen-bond acceptors (Lipinski definition) is 7. The largest absolute Gasteiger partial charge is 0.497 e. The number of urea groups is 1. The molecule has 10 heteroatoms. The first-order chi connectivity index (χ1) is 16.4. The number of rotatable bonds is 4. The van der Waals surface area contributed by atoms with Crippen molar-refractivity contribution >= 4 is 17.6 Å². The molecule has 0 radical (unpaired) electrons. The van der Waals surface area contributed by atoms with E-state index in [1.807, 2.05) is 4.90 Å². The van der Waals surface area contributed by atoms with Gasteiger partial charge in [-0.3, -0.25) is 4.79 Å². The van der Waals surface area contributed by atoms with Gasteiger partial charge < -0.3 is 39.3 Å². The Kier molecular flexibility index (Phi) is 8.25. The van der Waals surface area contributed by atoms with E-state index in [9.17, 15) is 14.7 Å². The van der Waals surface area contributed by atoms with Crippen molar-refractivity contribution in [1.82, 2.24) is 14.7 Å². The summed E-state index contributed by atoms with van der Waals surface area (Å²) in [5.41, 5.74) is 0.641. The summed E-state index contributed by atoms with van der Waals surface area (Å²) in [5.74, 6) is 0.822. The van der Waals surface area contributed by atoms with Gasteiger partial charge >= 0.3 is 6.03 Å². The molecule has 3 heterocycles. The lowest BCUT2D eigenvalue weighted by atomic mass is 9.94. The number of piperazine rings is 1. The van der Waals surface area contributed by atoms with Crippen LogP contribution in [0.1, 0.15) is 19.3 Å². The van der Waals surface area contributed by atoms with E-state index >= 15 is 0 Å². The lowest BCUT2D eigenvalue weighted by Gasteiger charge is -2.44. The van der Waals surface area contributed by atoms with Crippen molar-refractivity contribution < 1.29 is 28.9 Å². The van der Waals surface area contributed by atoms with Crippen molar-refractivity contribution in [3.05, 3.63) is 24.3 Å². The van der Waals surface area contributed by atoms with E-state index in [1.54, 1.807) is 36.3 Å². The quantitative estimate of drug-likeness (QED) is 0.668. The van der Waals surface area contributed by atoms with E-state index in [0.29, 0.717) is 30.7 Å². The number of carbonyl (C=O) groups excluding carboxylic acids is 2. The van der Waals surface area contributed by atoms with Gasteiger partial charge in [-0.05, 0) is 44.2 Å². The number of anilines is 1. The molecule has 4 atom stereocenters. The monoisotopic (exact) mass is 476 g/mol. The molecule has 1 aromatic rings. The third-order valence-electron chi connectivity index (χ3n) is 6.84. The van der Waals surface area contributed by atoms with E-state index < -0.39 is 6.10 Å². The Bertz CT molecular complexity index is 829. The van der Waals surface area contributed by atoms with Crippen LogP contribution in [-0.2, 0) is 14.3 Å². The van der Waals surface area contributed by atoms with Crippen LogP contribution < -0.4 is 10.1 Å². The fraction of sp³-hybridized carbons (Fsp3) is 0.667. The fourth-order valence-electron chi connectivity index (χ4n) is 4.82. The molecule has 0 aromatic heterocycles. The van der Waals surface area contributed by atoms with Crippen LogP contribution in [-0.4, -0.2) is 116 Å². The topological polar surface area (TPSA) is 104 Å². The standard InChI is InChI=1S/C24H36N4O6/c1-26-9-11-27(12-10-26)23(30)13-20-7-8-21-22(34-20)16-33-15-18(29)14-28(21)24(31)25-17-3-5-19(32-2)6-4-17/h3-6,18,20-22,29H,7-16H2,1-2H3,(H,25,31)/t18-,20-,21+,22-/m1/s1. The molecular weight excluding hydrogens is 440 g/mol. The lowest BCUT2D eigenvalue weighted by Crippen LogP contribution is -2.58. The number of ether oxygens (including phenoxy) is 3. The average Bonchev–Trinajstić information content (AvgIpc) is 2.82. The number of carbonyl (C=O) groups is 2. The molecular formula is C24H36N4O6. The molecule has 2 N–H and O–H groups in total. The smallest absolute Gasteiger partial charge is 0.322 e. The highest BCUT2D eigenvalue weighted by molar-refractivity contribution is 5.89. The summed E-state index contributed by atoms with van der Waals surface area (Å²) in [6, 6.07) is 6.56. The second-order valence-electron chi connectivity index (χ2n) is 9.33. The fourth-order valence-corrected chi connectivity index (χ4v) is 4.82. The number of aliphatic hydroxyl groups excluding tert-OH is 1. The van der Waals surface area contributed by atoms with Crippen LogP contribution in [0.25, 0.3) is 0 Å². The SMILES string of the molecule is COc1ccc(NC(=O)N2C[C@@H](O)COC[C@H]3O[C@@H](CC(=O)N4CCN(C)CC4)CC[C@@H]32)cc1. The molecule has 4 rings (SSSR count). The Morgan fingerprint density at radius 3 is 2.56 bits per heavy atom. The summed E-state index contributed by atoms with van der Waals surface area (Å²) in [5, 5.41) is 13.2. The zero-order chi connectivity index (χ0) is 24.1. The third-order valence-corrected chi connectivity index (χ3v) is 6.84. The molecule has 3 saturated heterocycles. The van der Waals surface area contributed by atoms with Crippen LogP contribution in [0.4, 0.5) is 10.5 Å². The molecule has 0 aliphatic carbocycles. The number of methoxy groups -OCH3 is 1. The second-order valence-corrected chi connectivity index (χ2v) is 9.33. The molecule has 3 aliphatic rings. The first-order valence-corrected chi connectivity index (χ1v) is 12.0. The number of β-amino-alcohol motifs (C(OH)–C–C–N with tert-alkyl or cyclic N) is 1. The third kappa shape index (κ3) is 6.18. The molecule has 3 amide bonds. The van der Waals surface area contributed by atoms with Crippen LogP contribution in [0.2, 0.25) is 0 Å². The molecule has 0 saturated carbocycles. The highest BCUT2D eigenvalue weighted by Crippen LogP contribution is 2.29. The van der Waals surface area contributed by atoms with Gasteiger partial charge in [0.2, 0.25) is 5.91 Å². The van der Waals surface area contributed by atoms with Gasteiger partial charge in [0.1, 0.15) is 11.9 Å². The highest BCUT2D eigenvalue weighted by atomic mass is 16.5. The minimum Gasteiger partial charge on any atom is -0.497 e. The van der Waals surface area contributed by atoms with Gasteiger partial charge in [-0.25, -0.2) is 4.79 Å². The Hall–Kier alpha value is -2.40. The number of aliphatic hydroxyl groups is 1. The van der Waals surface area contributed by atoms with Crippen molar-refractivity contribution in [2.24, 2.45) is 0 Å². The molecule has 3 fully saturated rings. The number of hydrogen-bond donors (Lipinski definition) is 2. The van der Waals surface area contributed by atoms with Crippen LogP contribution >= 0.6 is 0 Å². The summed E-state index contributed by atoms with van der Waals surface area (Å²) < 4.78 is 17.1. The van der Waals surface area contributed by atoms with E-state index in [4.69, 9.17) is 14.2 Å². The predicted octanol–water partition coefficient (Wildman–Crippen LogP) is 1.00. The molecule has 188 valence electrons. The Morgan fingerprint density at radius 2 is 1.85 bits per heavy atom. The second kappa shape index (κ2) is 11.4. The molecule has 0 spiro atoms. The first-order valence-electron chi connectivity index (χ1n) is 12.0. The van der Waals surface area contributed by atoms with Crippen LogP contribution in [0.15, 0.2) is 24.3 Å². The predicted molar refractivity (Wildman–Crippen MR) is 126 cm³/mol. The van der Waals surface area contributed by atoms with Crippen molar-refractivity contribution in [2.75, 3.05) is 65.4 Å². The van der Waals surface area contributed by atoms with Crippen molar-refractivity contribution in [1.29, 1.82) is 0 Å². The van der Waals surface area contributed by atoms with Gasteiger partial charge in [0.25, 0.3) is 0 Å². The number of fused-ring (bicyclic) bond motifs is 1. The number of nitrogens with one attached hydrogen (secondary N) is 1. The molecule has 34 heavy (non-hydrogen) atoms. The van der Waals surface area contributed by atoms with Crippen LogP contribution in [0.3, 0.4) is 0 Å². The van der Waals surface area contributed by atoms with Gasteiger partial charge in [0.05, 0.1) is 51.5 Å². The number of likely N-dealkylation sites (N-methyl/N-ethyl adjacent to an activating group) is 1. The number of nitrogens with zero attached hydrogens (tertiary/aromatic N) is 3. The molecule has 3 aliphatic heterocycles. The summed E-state index contributed by atoms with van der Waals surface area (Å²) in [6.45, 7) is 3.81. The van der Waals surface area contributed by atoms with E-state index in [2.05, 4.69) is 17.3 Å². The highest BCUT2D eigenvalue weighted by Gasteiger charge is 2.40. The minimum absolute atomic E-state index is 0.118. The van der Waals surface area contributed by atoms with Gasteiger partial charge in [0.15, 0.2) is 0 Å². The summed E-state index contributed by atoms with van der Waals surface area (Å²) >= 11 is 0. The summed E-state index contributed by atoms with van der Waals surface area (Å²) in [4.78, 5) is 31.8. The summed E-state index contributed by atoms with van der Waals surface area (Å²) in [7, 11) is 3.65. The normalized spacial score (nSPS) is 28.4. The van der Waals surface area contributed by atoms with E-state index in [-0.39, 0.29) is 49.9 Å². The molecule has 1 aromatic carbocycles. The van der Waals surface area contributed by atoms with Crippen LogP contribution in [0.5, 0.6) is 5.75 Å². The number of benzene rings is 1. The Balaban J connectivity index is 1.38. The van der Waals surface area contributed by atoms with E-state index in [0.717, 1.165) is 26.2 Å². The zero-order valence-corrected chi connectivity index (χ0v) is 20.0. The minimum atomic E-state index is -0.779. The Labute approximate surface area is 200 Å². The average molecular weight is 477 g/mol. The molecule has 10 nitrogen and oxygen atoms in total. The molecule has 0 unspecified atom stereocenters. The first kappa shape index (κ1) is 24.7.